The lowest BCUT2D eigenvalue weighted by Crippen LogP contribution is -2.50. The van der Waals surface area contributed by atoms with E-state index in [4.69, 9.17) is 4.74 Å². The first kappa shape index (κ1) is 21.7. The molecule has 30 heavy (non-hydrogen) atoms. The SMILES string of the molecule is COc1cccc(C(NC(=O)NC2CCN(C(=O)C(C)C)CC2)c2nccn2C)c1. The van der Waals surface area contributed by atoms with E-state index in [1.54, 1.807) is 13.3 Å². The predicted octanol–water partition coefficient (Wildman–Crippen LogP) is 2.46. The number of carbonyl (C=O) groups is 2. The maximum Gasteiger partial charge on any atom is 0.315 e. The van der Waals surface area contributed by atoms with Crippen LogP contribution < -0.4 is 15.4 Å². The van der Waals surface area contributed by atoms with Crippen LogP contribution in [-0.4, -0.2) is 52.6 Å². The number of aromatic nitrogens is 2. The van der Waals surface area contributed by atoms with Crippen molar-refractivity contribution < 1.29 is 14.3 Å². The maximum atomic E-state index is 12.8. The van der Waals surface area contributed by atoms with Gasteiger partial charge >= 0.3 is 6.03 Å². The number of urea groups is 1. The normalized spacial score (nSPS) is 15.7. The van der Waals surface area contributed by atoms with Gasteiger partial charge < -0.3 is 24.8 Å². The first-order chi connectivity index (χ1) is 14.4. The van der Waals surface area contributed by atoms with Crippen LogP contribution in [0.3, 0.4) is 0 Å². The fourth-order valence-corrected chi connectivity index (χ4v) is 3.74. The molecule has 2 aromatic rings. The van der Waals surface area contributed by atoms with Crippen molar-refractivity contribution in [1.29, 1.82) is 0 Å². The number of nitrogens with one attached hydrogen (secondary N) is 2. The molecule has 1 saturated heterocycles. The van der Waals surface area contributed by atoms with Crippen LogP contribution in [0.1, 0.15) is 44.1 Å². The van der Waals surface area contributed by atoms with E-state index in [0.29, 0.717) is 13.1 Å². The van der Waals surface area contributed by atoms with E-state index in [2.05, 4.69) is 15.6 Å². The lowest BCUT2D eigenvalue weighted by Gasteiger charge is -2.33. The number of nitrogens with zero attached hydrogens (tertiary/aromatic N) is 3. The van der Waals surface area contributed by atoms with Crippen LogP contribution in [0.25, 0.3) is 0 Å². The summed E-state index contributed by atoms with van der Waals surface area (Å²) in [6, 6.07) is 6.97. The number of likely N-dealkylation sites (tertiary alicyclic amines) is 1. The molecular weight excluding hydrogens is 382 g/mol. The number of carbonyl (C=O) groups excluding carboxylic acids is 2. The highest BCUT2D eigenvalue weighted by atomic mass is 16.5. The van der Waals surface area contributed by atoms with Gasteiger partial charge in [0.05, 0.1) is 7.11 Å². The summed E-state index contributed by atoms with van der Waals surface area (Å²) in [5.41, 5.74) is 0.885. The molecule has 0 radical (unpaired) electrons. The Morgan fingerprint density at radius 3 is 2.57 bits per heavy atom. The van der Waals surface area contributed by atoms with Gasteiger partial charge in [-0.15, -0.1) is 0 Å². The van der Waals surface area contributed by atoms with E-state index in [-0.39, 0.29) is 23.9 Å². The lowest BCUT2D eigenvalue weighted by molar-refractivity contribution is -0.135. The summed E-state index contributed by atoms with van der Waals surface area (Å²) in [5.74, 6) is 1.62. The Balaban J connectivity index is 1.66. The first-order valence-corrected chi connectivity index (χ1v) is 10.4. The molecule has 1 aliphatic rings. The zero-order chi connectivity index (χ0) is 21.7. The summed E-state index contributed by atoms with van der Waals surface area (Å²) in [7, 11) is 3.52. The second-order valence-electron chi connectivity index (χ2n) is 7.98. The number of hydrogen-bond donors (Lipinski definition) is 2. The van der Waals surface area contributed by atoms with Crippen molar-refractivity contribution in [2.24, 2.45) is 13.0 Å². The molecule has 8 nitrogen and oxygen atoms in total. The Morgan fingerprint density at radius 1 is 1.23 bits per heavy atom. The molecule has 2 heterocycles. The third-order valence-electron chi connectivity index (χ3n) is 5.45. The summed E-state index contributed by atoms with van der Waals surface area (Å²) in [6.07, 6.45) is 5.06. The minimum Gasteiger partial charge on any atom is -0.497 e. The Bertz CT molecular complexity index is 871. The molecule has 0 spiro atoms. The number of rotatable bonds is 6. The summed E-state index contributed by atoms with van der Waals surface area (Å²) in [5, 5.41) is 6.12. The monoisotopic (exact) mass is 413 g/mol. The van der Waals surface area contributed by atoms with Crippen molar-refractivity contribution in [3.05, 3.63) is 48.0 Å². The molecule has 1 aromatic carbocycles. The van der Waals surface area contributed by atoms with Gasteiger partial charge in [-0.1, -0.05) is 26.0 Å². The molecule has 3 amide bonds. The average Bonchev–Trinajstić information content (AvgIpc) is 3.17. The number of benzene rings is 1. The third-order valence-corrected chi connectivity index (χ3v) is 5.45. The second-order valence-corrected chi connectivity index (χ2v) is 7.98. The average molecular weight is 414 g/mol. The highest BCUT2D eigenvalue weighted by molar-refractivity contribution is 5.78. The van der Waals surface area contributed by atoms with Gasteiger partial charge in [-0.2, -0.15) is 0 Å². The Hall–Kier alpha value is -3.03. The van der Waals surface area contributed by atoms with E-state index in [1.807, 2.05) is 60.8 Å². The smallest absolute Gasteiger partial charge is 0.315 e. The largest absolute Gasteiger partial charge is 0.497 e. The quantitative estimate of drug-likeness (QED) is 0.761. The number of methoxy groups -OCH3 is 1. The highest BCUT2D eigenvalue weighted by Gasteiger charge is 2.27. The Morgan fingerprint density at radius 2 is 1.97 bits per heavy atom. The van der Waals surface area contributed by atoms with E-state index in [0.717, 1.165) is 30.0 Å². The van der Waals surface area contributed by atoms with Gasteiger partial charge in [0.15, 0.2) is 0 Å². The van der Waals surface area contributed by atoms with Crippen molar-refractivity contribution in [3.8, 4) is 5.75 Å². The van der Waals surface area contributed by atoms with Gasteiger partial charge in [0, 0.05) is 44.5 Å². The van der Waals surface area contributed by atoms with Gasteiger partial charge in [0.2, 0.25) is 5.91 Å². The number of amides is 3. The number of piperidine rings is 1. The van der Waals surface area contributed by atoms with Crippen molar-refractivity contribution in [2.45, 2.75) is 38.8 Å². The molecule has 0 bridgehead atoms. The van der Waals surface area contributed by atoms with Crippen LogP contribution in [0.4, 0.5) is 4.79 Å². The summed E-state index contributed by atoms with van der Waals surface area (Å²) >= 11 is 0. The molecular formula is C22H31N5O3. The number of ether oxygens (including phenoxy) is 1. The minimum absolute atomic E-state index is 0.000727. The second kappa shape index (κ2) is 9.65. The predicted molar refractivity (Wildman–Crippen MR) is 114 cm³/mol. The first-order valence-electron chi connectivity index (χ1n) is 10.4. The fraction of sp³-hybridized carbons (Fsp3) is 0.500. The fourth-order valence-electron chi connectivity index (χ4n) is 3.74. The van der Waals surface area contributed by atoms with E-state index in [1.165, 1.54) is 0 Å². The number of imidazole rings is 1. The topological polar surface area (TPSA) is 88.5 Å². The van der Waals surface area contributed by atoms with Gasteiger partial charge in [0.25, 0.3) is 0 Å². The van der Waals surface area contributed by atoms with E-state index < -0.39 is 6.04 Å². The molecule has 1 unspecified atom stereocenters. The summed E-state index contributed by atoms with van der Waals surface area (Å²) < 4.78 is 7.23. The van der Waals surface area contributed by atoms with Gasteiger partial charge in [0.1, 0.15) is 17.6 Å². The van der Waals surface area contributed by atoms with Crippen LogP contribution in [-0.2, 0) is 11.8 Å². The molecule has 1 aromatic heterocycles. The van der Waals surface area contributed by atoms with Crippen molar-refractivity contribution in [1.82, 2.24) is 25.1 Å². The highest BCUT2D eigenvalue weighted by Crippen LogP contribution is 2.24. The maximum absolute atomic E-state index is 12.8. The van der Waals surface area contributed by atoms with Crippen molar-refractivity contribution in [2.75, 3.05) is 20.2 Å². The molecule has 0 saturated carbocycles. The molecule has 1 fully saturated rings. The lowest BCUT2D eigenvalue weighted by atomic mass is 10.0. The van der Waals surface area contributed by atoms with Crippen LogP contribution in [0.15, 0.2) is 36.7 Å². The van der Waals surface area contributed by atoms with Crippen molar-refractivity contribution >= 4 is 11.9 Å². The van der Waals surface area contributed by atoms with E-state index in [9.17, 15) is 9.59 Å². The van der Waals surface area contributed by atoms with Gasteiger partial charge in [-0.25, -0.2) is 9.78 Å². The molecule has 3 rings (SSSR count). The minimum atomic E-state index is -0.414. The van der Waals surface area contributed by atoms with Crippen molar-refractivity contribution in [3.63, 3.8) is 0 Å². The zero-order valence-electron chi connectivity index (χ0n) is 18.1. The van der Waals surface area contributed by atoms with Crippen LogP contribution in [0.2, 0.25) is 0 Å². The number of hydrogen-bond acceptors (Lipinski definition) is 4. The van der Waals surface area contributed by atoms with Crippen LogP contribution in [0.5, 0.6) is 5.75 Å². The van der Waals surface area contributed by atoms with E-state index >= 15 is 0 Å². The standard InChI is InChI=1S/C22H31N5O3/c1-15(2)21(28)27-11-8-17(9-12-27)24-22(29)25-19(20-23-10-13-26(20)3)16-6-5-7-18(14-16)30-4/h5-7,10,13-15,17,19H,8-9,11-12H2,1-4H3,(H2,24,25,29). The van der Waals surface area contributed by atoms with Gasteiger partial charge in [-0.05, 0) is 30.5 Å². The van der Waals surface area contributed by atoms with Crippen LogP contribution in [0, 0.1) is 5.92 Å². The third kappa shape index (κ3) is 5.11. The Kier molecular flexibility index (Phi) is 6.97. The number of aryl methyl sites for hydroxylation is 1. The summed E-state index contributed by atoms with van der Waals surface area (Å²) in [6.45, 7) is 5.16. The zero-order valence-corrected chi connectivity index (χ0v) is 18.1. The molecule has 8 heteroatoms. The molecule has 0 aliphatic carbocycles. The van der Waals surface area contributed by atoms with Crippen LogP contribution >= 0.6 is 0 Å². The molecule has 162 valence electrons. The molecule has 1 atom stereocenters. The molecule has 1 aliphatic heterocycles. The Labute approximate surface area is 177 Å². The molecule has 2 N–H and O–H groups in total. The van der Waals surface area contributed by atoms with Gasteiger partial charge in [-0.3, -0.25) is 4.79 Å². The summed E-state index contributed by atoms with van der Waals surface area (Å²) in [4.78, 5) is 31.3.